The van der Waals surface area contributed by atoms with E-state index in [-0.39, 0.29) is 31.0 Å². The second kappa shape index (κ2) is 4.72. The first-order valence-electron chi connectivity index (χ1n) is 5.85. The summed E-state index contributed by atoms with van der Waals surface area (Å²) in [7, 11) is 0. The van der Waals surface area contributed by atoms with Crippen molar-refractivity contribution in [2.75, 3.05) is 6.54 Å². The van der Waals surface area contributed by atoms with Gasteiger partial charge in [-0.05, 0) is 6.42 Å². The molecule has 0 radical (unpaired) electrons. The average Bonchev–Trinajstić information content (AvgIpc) is 2.68. The van der Waals surface area contributed by atoms with Gasteiger partial charge >= 0.3 is 6.18 Å². The standard InChI is InChI=1S/C11H14F3N3O/c1-2-3-8(18)9-7-6-15-4-5-17(7)10(16-9)11(12,13)14/h15H,2-6H2,1H3. The summed E-state index contributed by atoms with van der Waals surface area (Å²) in [6.45, 7) is 2.71. The Kier molecular flexibility index (Phi) is 3.43. The van der Waals surface area contributed by atoms with E-state index in [1.165, 1.54) is 0 Å². The van der Waals surface area contributed by atoms with Crippen molar-refractivity contribution in [3.8, 4) is 0 Å². The van der Waals surface area contributed by atoms with Crippen molar-refractivity contribution in [2.24, 2.45) is 0 Å². The summed E-state index contributed by atoms with van der Waals surface area (Å²) in [4.78, 5) is 15.3. The molecule has 18 heavy (non-hydrogen) atoms. The summed E-state index contributed by atoms with van der Waals surface area (Å²) in [5, 5.41) is 2.96. The predicted molar refractivity (Wildman–Crippen MR) is 58.2 cm³/mol. The van der Waals surface area contributed by atoms with Gasteiger partial charge in [-0.3, -0.25) is 4.79 Å². The van der Waals surface area contributed by atoms with Gasteiger partial charge in [-0.15, -0.1) is 0 Å². The van der Waals surface area contributed by atoms with Crippen LogP contribution in [0.1, 0.15) is 41.8 Å². The number of carbonyl (C=O) groups excluding carboxylic acids is 1. The van der Waals surface area contributed by atoms with Gasteiger partial charge in [-0.1, -0.05) is 6.92 Å². The Bertz CT molecular complexity index is 465. The van der Waals surface area contributed by atoms with Crippen LogP contribution in [0.2, 0.25) is 0 Å². The van der Waals surface area contributed by atoms with Crippen LogP contribution in [0, 0.1) is 0 Å². The van der Waals surface area contributed by atoms with Crippen molar-refractivity contribution in [1.29, 1.82) is 0 Å². The Morgan fingerprint density at radius 1 is 1.50 bits per heavy atom. The molecule has 0 bridgehead atoms. The molecule has 100 valence electrons. The molecular weight excluding hydrogens is 247 g/mol. The van der Waals surface area contributed by atoms with Crippen LogP contribution in [0.4, 0.5) is 13.2 Å². The number of imidazole rings is 1. The molecular formula is C11H14F3N3O. The topological polar surface area (TPSA) is 46.9 Å². The zero-order valence-corrected chi connectivity index (χ0v) is 9.97. The van der Waals surface area contributed by atoms with Crippen LogP contribution in [0.15, 0.2) is 0 Å². The molecule has 0 aliphatic carbocycles. The molecule has 0 amide bonds. The molecule has 0 saturated carbocycles. The average molecular weight is 261 g/mol. The minimum Gasteiger partial charge on any atom is -0.321 e. The fourth-order valence-electron chi connectivity index (χ4n) is 2.09. The fourth-order valence-corrected chi connectivity index (χ4v) is 2.09. The van der Waals surface area contributed by atoms with E-state index in [1.807, 2.05) is 6.92 Å². The first-order valence-corrected chi connectivity index (χ1v) is 5.85. The highest BCUT2D eigenvalue weighted by molar-refractivity contribution is 5.95. The molecule has 2 heterocycles. The van der Waals surface area contributed by atoms with Crippen LogP contribution < -0.4 is 5.32 Å². The number of carbonyl (C=O) groups is 1. The molecule has 1 aliphatic rings. The number of hydrogen-bond donors (Lipinski definition) is 1. The second-order valence-electron chi connectivity index (χ2n) is 4.23. The molecule has 0 spiro atoms. The number of halogens is 3. The van der Waals surface area contributed by atoms with E-state index in [0.717, 1.165) is 4.57 Å². The van der Waals surface area contributed by atoms with Gasteiger partial charge in [-0.2, -0.15) is 13.2 Å². The maximum atomic E-state index is 12.8. The lowest BCUT2D eigenvalue weighted by Crippen LogP contribution is -2.31. The van der Waals surface area contributed by atoms with Crippen LogP contribution >= 0.6 is 0 Å². The van der Waals surface area contributed by atoms with E-state index in [0.29, 0.717) is 18.7 Å². The molecule has 0 atom stereocenters. The van der Waals surface area contributed by atoms with Gasteiger partial charge < -0.3 is 9.88 Å². The smallest absolute Gasteiger partial charge is 0.321 e. The third-order valence-electron chi connectivity index (χ3n) is 2.87. The molecule has 2 rings (SSSR count). The zero-order chi connectivity index (χ0) is 13.3. The Morgan fingerprint density at radius 3 is 2.83 bits per heavy atom. The van der Waals surface area contributed by atoms with Crippen molar-refractivity contribution in [3.63, 3.8) is 0 Å². The Labute approximate surface area is 102 Å². The van der Waals surface area contributed by atoms with Crippen LogP contribution in [0.25, 0.3) is 0 Å². The Morgan fingerprint density at radius 2 is 2.22 bits per heavy atom. The summed E-state index contributed by atoms with van der Waals surface area (Å²) in [6, 6.07) is 0. The number of nitrogens with zero attached hydrogens (tertiary/aromatic N) is 2. The molecule has 1 N–H and O–H groups in total. The van der Waals surface area contributed by atoms with E-state index in [2.05, 4.69) is 10.3 Å². The maximum absolute atomic E-state index is 12.8. The van der Waals surface area contributed by atoms with E-state index in [1.54, 1.807) is 0 Å². The fraction of sp³-hybridized carbons (Fsp3) is 0.636. The van der Waals surface area contributed by atoms with Crippen molar-refractivity contribution in [3.05, 3.63) is 17.2 Å². The molecule has 1 aromatic rings. The van der Waals surface area contributed by atoms with Crippen LogP contribution in [0.5, 0.6) is 0 Å². The van der Waals surface area contributed by atoms with E-state index < -0.39 is 12.0 Å². The third kappa shape index (κ3) is 2.27. The SMILES string of the molecule is CCCC(=O)c1nc(C(F)(F)F)n2c1CNCC2. The van der Waals surface area contributed by atoms with Gasteiger partial charge in [0.1, 0.15) is 5.69 Å². The Hall–Kier alpha value is -1.37. The number of fused-ring (bicyclic) bond motifs is 1. The first-order chi connectivity index (χ1) is 8.45. The summed E-state index contributed by atoms with van der Waals surface area (Å²) in [5.74, 6) is -1.28. The number of nitrogens with one attached hydrogen (secondary N) is 1. The summed E-state index contributed by atoms with van der Waals surface area (Å²) in [6.07, 6.45) is -3.70. The lowest BCUT2D eigenvalue weighted by atomic mass is 10.1. The van der Waals surface area contributed by atoms with Gasteiger partial charge in [-0.25, -0.2) is 4.98 Å². The lowest BCUT2D eigenvalue weighted by Gasteiger charge is -2.19. The van der Waals surface area contributed by atoms with Gasteiger partial charge in [0.05, 0.1) is 5.69 Å². The first kappa shape index (κ1) is 13.1. The van der Waals surface area contributed by atoms with E-state index in [9.17, 15) is 18.0 Å². The van der Waals surface area contributed by atoms with Crippen LogP contribution in [-0.4, -0.2) is 21.9 Å². The lowest BCUT2D eigenvalue weighted by molar-refractivity contribution is -0.147. The molecule has 4 nitrogen and oxygen atoms in total. The largest absolute Gasteiger partial charge is 0.449 e. The van der Waals surface area contributed by atoms with Gasteiger partial charge in [0, 0.05) is 26.1 Å². The van der Waals surface area contributed by atoms with E-state index in [4.69, 9.17) is 0 Å². The molecule has 1 aromatic heterocycles. The Balaban J connectivity index is 2.48. The van der Waals surface area contributed by atoms with Gasteiger partial charge in [0.15, 0.2) is 5.78 Å². The van der Waals surface area contributed by atoms with Crippen molar-refractivity contribution >= 4 is 5.78 Å². The number of alkyl halides is 3. The quantitative estimate of drug-likeness (QED) is 0.846. The number of aromatic nitrogens is 2. The minimum atomic E-state index is -4.52. The van der Waals surface area contributed by atoms with Gasteiger partial charge in [0.25, 0.3) is 0 Å². The van der Waals surface area contributed by atoms with Gasteiger partial charge in [0.2, 0.25) is 5.82 Å². The van der Waals surface area contributed by atoms with E-state index >= 15 is 0 Å². The highest BCUT2D eigenvalue weighted by Gasteiger charge is 2.40. The summed E-state index contributed by atoms with van der Waals surface area (Å²) in [5.41, 5.74) is 0.323. The van der Waals surface area contributed by atoms with Crippen molar-refractivity contribution in [1.82, 2.24) is 14.9 Å². The molecule has 7 heteroatoms. The van der Waals surface area contributed by atoms with Crippen LogP contribution in [0.3, 0.4) is 0 Å². The number of rotatable bonds is 3. The monoisotopic (exact) mass is 261 g/mol. The maximum Gasteiger partial charge on any atom is 0.449 e. The van der Waals surface area contributed by atoms with Crippen LogP contribution in [-0.2, 0) is 19.3 Å². The highest BCUT2D eigenvalue weighted by Crippen LogP contribution is 2.31. The van der Waals surface area contributed by atoms with Crippen molar-refractivity contribution in [2.45, 2.75) is 39.0 Å². The second-order valence-corrected chi connectivity index (χ2v) is 4.23. The predicted octanol–water partition coefficient (Wildman–Crippen LogP) is 1.99. The molecule has 1 aliphatic heterocycles. The third-order valence-corrected chi connectivity index (χ3v) is 2.87. The number of hydrogen-bond acceptors (Lipinski definition) is 3. The normalized spacial score (nSPS) is 15.6. The zero-order valence-electron chi connectivity index (χ0n) is 9.97. The summed E-state index contributed by atoms with van der Waals surface area (Å²) >= 11 is 0. The summed E-state index contributed by atoms with van der Waals surface area (Å²) < 4.78 is 39.6. The number of ketones is 1. The highest BCUT2D eigenvalue weighted by atomic mass is 19.4. The van der Waals surface area contributed by atoms with Crippen molar-refractivity contribution < 1.29 is 18.0 Å². The molecule has 0 saturated heterocycles. The molecule has 0 fully saturated rings. The molecule has 0 unspecified atom stereocenters. The molecule has 0 aromatic carbocycles. The number of Topliss-reactive ketones (excluding diaryl/α,β-unsaturated/α-hetero) is 1. The minimum absolute atomic E-state index is 0.0311.